The molecular weight excluding hydrogens is 231 g/mol. The van der Waals surface area contributed by atoms with Crippen LogP contribution < -0.4 is 5.32 Å². The number of anilines is 2. The highest BCUT2D eigenvalue weighted by Crippen LogP contribution is 2.21. The molecule has 4 nitrogen and oxygen atoms in total. The van der Waals surface area contributed by atoms with Crippen molar-refractivity contribution in [3.05, 3.63) is 54.9 Å². The normalized spacial score (nSPS) is 10.5. The topological polar surface area (TPSA) is 50.7 Å². The van der Waals surface area contributed by atoms with Gasteiger partial charge in [-0.15, -0.1) is 0 Å². The van der Waals surface area contributed by atoms with E-state index in [9.17, 15) is 4.39 Å². The van der Waals surface area contributed by atoms with Crippen LogP contribution in [0.5, 0.6) is 0 Å². The van der Waals surface area contributed by atoms with E-state index in [4.69, 9.17) is 0 Å². The van der Waals surface area contributed by atoms with Crippen molar-refractivity contribution in [3.8, 4) is 0 Å². The Hall–Kier alpha value is -2.56. The van der Waals surface area contributed by atoms with Crippen LogP contribution in [-0.2, 0) is 0 Å². The minimum Gasteiger partial charge on any atom is -0.337 e. The molecule has 0 aliphatic rings. The summed E-state index contributed by atoms with van der Waals surface area (Å²) in [6.45, 7) is 0. The Labute approximate surface area is 103 Å². The monoisotopic (exact) mass is 240 g/mol. The van der Waals surface area contributed by atoms with Crippen LogP contribution in [0.25, 0.3) is 10.9 Å². The lowest BCUT2D eigenvalue weighted by Crippen LogP contribution is -1.96. The molecule has 18 heavy (non-hydrogen) atoms. The summed E-state index contributed by atoms with van der Waals surface area (Å²) >= 11 is 0. The SMILES string of the molecule is Fc1cncc(Nc2nccc3cccnc23)c1. The third-order valence-electron chi connectivity index (χ3n) is 2.49. The minimum atomic E-state index is -0.395. The summed E-state index contributed by atoms with van der Waals surface area (Å²) in [7, 11) is 0. The Balaban J connectivity index is 2.05. The Morgan fingerprint density at radius 3 is 2.89 bits per heavy atom. The molecule has 0 spiro atoms. The first-order valence-electron chi connectivity index (χ1n) is 5.40. The zero-order valence-electron chi connectivity index (χ0n) is 9.34. The lowest BCUT2D eigenvalue weighted by molar-refractivity contribution is 0.622. The summed E-state index contributed by atoms with van der Waals surface area (Å²) in [5, 5.41) is 3.98. The van der Waals surface area contributed by atoms with Crippen molar-refractivity contribution >= 4 is 22.4 Å². The summed E-state index contributed by atoms with van der Waals surface area (Å²) in [5.74, 6) is 0.189. The molecule has 0 saturated heterocycles. The third kappa shape index (κ3) is 1.98. The molecule has 3 aromatic heterocycles. The van der Waals surface area contributed by atoms with Crippen LogP contribution in [-0.4, -0.2) is 15.0 Å². The molecule has 0 saturated carbocycles. The maximum absolute atomic E-state index is 13.0. The lowest BCUT2D eigenvalue weighted by atomic mass is 10.2. The van der Waals surface area contributed by atoms with Crippen molar-refractivity contribution < 1.29 is 4.39 Å². The average Bonchev–Trinajstić information content (AvgIpc) is 2.39. The Morgan fingerprint density at radius 2 is 2.00 bits per heavy atom. The van der Waals surface area contributed by atoms with Crippen molar-refractivity contribution in [2.24, 2.45) is 0 Å². The summed E-state index contributed by atoms with van der Waals surface area (Å²) in [6.07, 6.45) is 6.06. The Morgan fingerprint density at radius 1 is 1.06 bits per heavy atom. The van der Waals surface area contributed by atoms with E-state index in [0.717, 1.165) is 17.1 Å². The molecule has 0 aliphatic carbocycles. The summed E-state index contributed by atoms with van der Waals surface area (Å²) in [5.41, 5.74) is 1.28. The van der Waals surface area contributed by atoms with E-state index >= 15 is 0 Å². The van der Waals surface area contributed by atoms with Gasteiger partial charge in [-0.1, -0.05) is 6.07 Å². The van der Waals surface area contributed by atoms with E-state index in [1.807, 2.05) is 18.2 Å². The van der Waals surface area contributed by atoms with E-state index in [1.165, 1.54) is 12.3 Å². The largest absolute Gasteiger partial charge is 0.337 e. The molecule has 0 atom stereocenters. The van der Waals surface area contributed by atoms with Gasteiger partial charge in [0.25, 0.3) is 0 Å². The van der Waals surface area contributed by atoms with Crippen LogP contribution in [0.1, 0.15) is 0 Å². The molecule has 3 rings (SSSR count). The van der Waals surface area contributed by atoms with E-state index in [-0.39, 0.29) is 0 Å². The number of hydrogen-bond acceptors (Lipinski definition) is 4. The first kappa shape index (κ1) is 10.6. The highest BCUT2D eigenvalue weighted by Gasteiger charge is 2.04. The van der Waals surface area contributed by atoms with Crippen molar-refractivity contribution in [3.63, 3.8) is 0 Å². The Kier molecular flexibility index (Phi) is 2.57. The van der Waals surface area contributed by atoms with E-state index in [1.54, 1.807) is 12.4 Å². The number of aromatic nitrogens is 3. The van der Waals surface area contributed by atoms with Gasteiger partial charge in [-0.25, -0.2) is 9.37 Å². The predicted molar refractivity (Wildman–Crippen MR) is 67.0 cm³/mol. The number of nitrogens with zero attached hydrogens (tertiary/aromatic N) is 3. The van der Waals surface area contributed by atoms with Gasteiger partial charge in [0.1, 0.15) is 11.3 Å². The minimum absolute atomic E-state index is 0.395. The molecule has 0 aromatic carbocycles. The second-order valence-corrected chi connectivity index (χ2v) is 3.75. The first-order valence-corrected chi connectivity index (χ1v) is 5.40. The second-order valence-electron chi connectivity index (χ2n) is 3.75. The van der Waals surface area contributed by atoms with E-state index in [0.29, 0.717) is 11.5 Å². The average molecular weight is 240 g/mol. The standard InChI is InChI=1S/C13H9FN4/c14-10-6-11(8-15-7-10)18-13-12-9(3-5-17-13)2-1-4-16-12/h1-8H,(H,17,18). The molecule has 0 fully saturated rings. The fourth-order valence-electron chi connectivity index (χ4n) is 1.71. The fraction of sp³-hybridized carbons (Fsp3) is 0. The first-order chi connectivity index (χ1) is 8.83. The second kappa shape index (κ2) is 4.37. The van der Waals surface area contributed by atoms with Crippen LogP contribution >= 0.6 is 0 Å². The molecule has 3 aromatic rings. The Bertz CT molecular complexity index is 694. The maximum Gasteiger partial charge on any atom is 0.156 e. The molecule has 1 N–H and O–H groups in total. The number of fused-ring (bicyclic) bond motifs is 1. The van der Waals surface area contributed by atoms with Gasteiger partial charge in [-0.2, -0.15) is 0 Å². The van der Waals surface area contributed by atoms with Crippen LogP contribution in [0.15, 0.2) is 49.1 Å². The molecule has 0 unspecified atom stereocenters. The zero-order valence-corrected chi connectivity index (χ0v) is 9.34. The van der Waals surface area contributed by atoms with Gasteiger partial charge in [0.2, 0.25) is 0 Å². The fourth-order valence-corrected chi connectivity index (χ4v) is 1.71. The van der Waals surface area contributed by atoms with E-state index < -0.39 is 5.82 Å². The lowest BCUT2D eigenvalue weighted by Gasteiger charge is -2.07. The molecule has 88 valence electrons. The molecule has 3 heterocycles. The van der Waals surface area contributed by atoms with Gasteiger partial charge < -0.3 is 5.32 Å². The van der Waals surface area contributed by atoms with Gasteiger partial charge >= 0.3 is 0 Å². The van der Waals surface area contributed by atoms with Crippen molar-refractivity contribution in [2.75, 3.05) is 5.32 Å². The van der Waals surface area contributed by atoms with Crippen LogP contribution in [0.4, 0.5) is 15.9 Å². The summed E-state index contributed by atoms with van der Waals surface area (Å²) < 4.78 is 13.0. The van der Waals surface area contributed by atoms with Crippen LogP contribution in [0, 0.1) is 5.82 Å². The van der Waals surface area contributed by atoms with Gasteiger partial charge in [-0.3, -0.25) is 9.97 Å². The van der Waals surface area contributed by atoms with Crippen molar-refractivity contribution in [1.29, 1.82) is 0 Å². The van der Waals surface area contributed by atoms with Gasteiger partial charge in [-0.05, 0) is 12.1 Å². The van der Waals surface area contributed by atoms with Gasteiger partial charge in [0, 0.05) is 23.8 Å². The molecule has 5 heteroatoms. The summed E-state index contributed by atoms with van der Waals surface area (Å²) in [4.78, 5) is 12.2. The van der Waals surface area contributed by atoms with Crippen LogP contribution in [0.3, 0.4) is 0 Å². The smallest absolute Gasteiger partial charge is 0.156 e. The molecule has 0 radical (unpaired) electrons. The van der Waals surface area contributed by atoms with Crippen molar-refractivity contribution in [2.45, 2.75) is 0 Å². The summed E-state index contributed by atoms with van der Waals surface area (Å²) in [6, 6.07) is 7.03. The highest BCUT2D eigenvalue weighted by molar-refractivity contribution is 5.89. The van der Waals surface area contributed by atoms with Gasteiger partial charge in [0.05, 0.1) is 18.1 Å². The quantitative estimate of drug-likeness (QED) is 0.748. The van der Waals surface area contributed by atoms with Crippen molar-refractivity contribution in [1.82, 2.24) is 15.0 Å². The zero-order chi connectivity index (χ0) is 12.4. The number of halogens is 1. The molecule has 0 bridgehead atoms. The maximum atomic E-state index is 13.0. The third-order valence-corrected chi connectivity index (χ3v) is 2.49. The number of hydrogen-bond donors (Lipinski definition) is 1. The van der Waals surface area contributed by atoms with Gasteiger partial charge in [0.15, 0.2) is 5.82 Å². The highest BCUT2D eigenvalue weighted by atomic mass is 19.1. The van der Waals surface area contributed by atoms with E-state index in [2.05, 4.69) is 20.3 Å². The molecule has 0 aliphatic heterocycles. The number of nitrogens with one attached hydrogen (secondary N) is 1. The van der Waals surface area contributed by atoms with Crippen LogP contribution in [0.2, 0.25) is 0 Å². The number of pyridine rings is 3. The predicted octanol–water partition coefficient (Wildman–Crippen LogP) is 2.91. The molecule has 0 amide bonds. The molecular formula is C13H9FN4. The number of rotatable bonds is 2.